The molecular weight excluding hydrogens is 431 g/mol. The first-order valence-electron chi connectivity index (χ1n) is 10.4. The van der Waals surface area contributed by atoms with Crippen LogP contribution >= 0.6 is 7.29 Å². The number of carbonyl (C=O) groups is 1. The van der Waals surface area contributed by atoms with Crippen LogP contribution in [-0.4, -0.2) is 50.6 Å². The van der Waals surface area contributed by atoms with Crippen LogP contribution in [0.3, 0.4) is 0 Å². The number of esters is 1. The smallest absolute Gasteiger partial charge is 0.323 e. The molecule has 0 radical (unpaired) electrons. The fourth-order valence-corrected chi connectivity index (χ4v) is 5.65. The Labute approximate surface area is 187 Å². The highest BCUT2D eigenvalue weighted by Gasteiger charge is 2.29. The van der Waals surface area contributed by atoms with E-state index in [0.717, 1.165) is 5.56 Å². The number of carbonyl (C=O) groups excluding carboxylic acids is 1. The summed E-state index contributed by atoms with van der Waals surface area (Å²) in [5.41, 5.74) is 7.87. The minimum atomic E-state index is -3.12. The van der Waals surface area contributed by atoms with Gasteiger partial charge in [0.15, 0.2) is 18.8 Å². The molecule has 3 N–H and O–H groups in total. The van der Waals surface area contributed by atoms with Crippen molar-refractivity contribution in [2.24, 2.45) is 0 Å². The number of hydrogen-bond donors (Lipinski definition) is 2. The third kappa shape index (κ3) is 6.12. The Kier molecular flexibility index (Phi) is 7.95. The second kappa shape index (κ2) is 10.7. The largest absolute Gasteiger partial charge is 0.465 e. The number of nitrogens with two attached hydrogens (primary N) is 1. The van der Waals surface area contributed by atoms with E-state index in [1.165, 1.54) is 6.33 Å². The van der Waals surface area contributed by atoms with E-state index in [9.17, 15) is 9.36 Å². The van der Waals surface area contributed by atoms with Gasteiger partial charge in [-0.15, -0.1) is 0 Å². The highest BCUT2D eigenvalue weighted by molar-refractivity contribution is 7.60. The van der Waals surface area contributed by atoms with Crippen LogP contribution in [0.1, 0.15) is 26.3 Å². The molecule has 11 heteroatoms. The van der Waals surface area contributed by atoms with Crippen LogP contribution in [0, 0.1) is 0 Å². The molecule has 0 saturated heterocycles. The van der Waals surface area contributed by atoms with Crippen molar-refractivity contribution in [3.05, 3.63) is 48.5 Å². The molecule has 0 bridgehead atoms. The minimum absolute atomic E-state index is 0.0451. The molecule has 10 nitrogen and oxygen atoms in total. The summed E-state index contributed by atoms with van der Waals surface area (Å²) in [5, 5.41) is 2.98. The normalized spacial score (nSPS) is 15.2. The third-order valence-corrected chi connectivity index (χ3v) is 7.10. The SMILES string of the molecule is CCOC(=O)[C@H](C)N[P@](=O)(CO[C@H](C)Cn1cnc2c(N)ncnc21)Cc1ccccc1. The summed E-state index contributed by atoms with van der Waals surface area (Å²) in [6.45, 7) is 5.94. The first-order valence-corrected chi connectivity index (χ1v) is 12.5. The quantitative estimate of drug-likeness (QED) is 0.327. The fraction of sp³-hybridized carbons (Fsp3) is 0.429. The van der Waals surface area contributed by atoms with Gasteiger partial charge in [0.05, 0.1) is 25.6 Å². The number of rotatable bonds is 11. The molecule has 3 atom stereocenters. The van der Waals surface area contributed by atoms with E-state index >= 15 is 0 Å². The number of ether oxygens (including phenoxy) is 2. The van der Waals surface area contributed by atoms with Gasteiger partial charge in [0, 0.05) is 6.16 Å². The molecule has 0 unspecified atom stereocenters. The molecule has 3 rings (SSSR count). The van der Waals surface area contributed by atoms with Gasteiger partial charge in [-0.05, 0) is 26.3 Å². The van der Waals surface area contributed by atoms with Crippen LogP contribution in [0.5, 0.6) is 0 Å². The molecule has 172 valence electrons. The predicted octanol–water partition coefficient (Wildman–Crippen LogP) is 2.79. The van der Waals surface area contributed by atoms with E-state index in [1.54, 1.807) is 20.2 Å². The summed E-state index contributed by atoms with van der Waals surface area (Å²) < 4.78 is 26.6. The van der Waals surface area contributed by atoms with Gasteiger partial charge in [-0.25, -0.2) is 15.0 Å². The maximum atomic E-state index is 13.8. The zero-order valence-electron chi connectivity index (χ0n) is 18.5. The van der Waals surface area contributed by atoms with Crippen molar-refractivity contribution in [2.75, 3.05) is 18.7 Å². The van der Waals surface area contributed by atoms with Gasteiger partial charge in [-0.3, -0.25) is 9.88 Å². The fourth-order valence-electron chi connectivity index (χ4n) is 3.29. The van der Waals surface area contributed by atoms with E-state index in [0.29, 0.717) is 23.5 Å². The molecule has 0 fully saturated rings. The predicted molar refractivity (Wildman–Crippen MR) is 122 cm³/mol. The van der Waals surface area contributed by atoms with Crippen molar-refractivity contribution in [3.8, 4) is 0 Å². The number of fused-ring (bicyclic) bond motifs is 1. The number of imidazole rings is 1. The van der Waals surface area contributed by atoms with Crippen LogP contribution in [-0.2, 0) is 31.5 Å². The topological polar surface area (TPSA) is 134 Å². The van der Waals surface area contributed by atoms with Gasteiger partial charge in [0.2, 0.25) is 0 Å². The molecule has 2 aromatic heterocycles. The molecule has 2 heterocycles. The Bertz CT molecular complexity index is 1090. The molecule has 0 spiro atoms. The first kappa shape index (κ1) is 23.8. The van der Waals surface area contributed by atoms with Gasteiger partial charge >= 0.3 is 5.97 Å². The van der Waals surface area contributed by atoms with Gasteiger partial charge < -0.3 is 24.3 Å². The molecule has 0 aliphatic rings. The minimum Gasteiger partial charge on any atom is -0.465 e. The van der Waals surface area contributed by atoms with E-state index in [1.807, 2.05) is 41.8 Å². The molecule has 0 aliphatic heterocycles. The summed E-state index contributed by atoms with van der Waals surface area (Å²) in [6.07, 6.45) is 2.92. The van der Waals surface area contributed by atoms with Crippen LogP contribution in [0.2, 0.25) is 0 Å². The summed E-state index contributed by atoms with van der Waals surface area (Å²) in [6, 6.07) is 8.74. The van der Waals surface area contributed by atoms with Crippen LogP contribution in [0.25, 0.3) is 11.2 Å². The number of nitrogens with one attached hydrogen (secondary N) is 1. The van der Waals surface area contributed by atoms with Crippen LogP contribution in [0.4, 0.5) is 5.82 Å². The van der Waals surface area contributed by atoms with E-state index in [4.69, 9.17) is 15.2 Å². The van der Waals surface area contributed by atoms with Crippen molar-refractivity contribution in [1.82, 2.24) is 24.6 Å². The second-order valence-corrected chi connectivity index (χ2v) is 10.2. The second-order valence-electron chi connectivity index (χ2n) is 7.57. The Morgan fingerprint density at radius 3 is 2.69 bits per heavy atom. The van der Waals surface area contributed by atoms with Gasteiger partial charge in [0.1, 0.15) is 24.2 Å². The molecule has 0 amide bonds. The maximum absolute atomic E-state index is 13.8. The van der Waals surface area contributed by atoms with Gasteiger partial charge in [0.25, 0.3) is 0 Å². The number of aromatic nitrogens is 4. The lowest BCUT2D eigenvalue weighted by Gasteiger charge is -2.25. The highest BCUT2D eigenvalue weighted by atomic mass is 31.2. The van der Waals surface area contributed by atoms with Gasteiger partial charge in [-0.2, -0.15) is 0 Å². The van der Waals surface area contributed by atoms with Crippen LogP contribution < -0.4 is 10.8 Å². The average molecular weight is 460 g/mol. The molecule has 3 aromatic rings. The third-order valence-electron chi connectivity index (χ3n) is 4.80. The van der Waals surface area contributed by atoms with Crippen molar-refractivity contribution in [3.63, 3.8) is 0 Å². The summed E-state index contributed by atoms with van der Waals surface area (Å²) >= 11 is 0. The summed E-state index contributed by atoms with van der Waals surface area (Å²) in [7, 11) is -3.12. The average Bonchev–Trinajstić information content (AvgIpc) is 3.17. The van der Waals surface area contributed by atoms with E-state index < -0.39 is 19.3 Å². The lowest BCUT2D eigenvalue weighted by molar-refractivity contribution is -0.144. The Balaban J connectivity index is 1.69. The lowest BCUT2D eigenvalue weighted by Crippen LogP contribution is -2.35. The maximum Gasteiger partial charge on any atom is 0.323 e. The Hall–Kier alpha value is -2.81. The first-order chi connectivity index (χ1) is 15.3. The summed E-state index contributed by atoms with van der Waals surface area (Å²) in [5.74, 6) is -0.136. The molecule has 0 aliphatic carbocycles. The number of benzene rings is 1. The monoisotopic (exact) mass is 460 g/mol. The highest BCUT2D eigenvalue weighted by Crippen LogP contribution is 2.45. The standard InChI is InChI=1S/C21H29N6O4P/c1-4-30-21(28)16(3)26-32(29,11-17-8-6-5-7-9-17)14-31-15(2)10-27-13-25-18-19(22)23-12-24-20(18)27/h5-9,12-13,15-16H,4,10-11,14H2,1-3H3,(H,26,29)(H2,22,23,24)/t15-,16+,32-/m1/s1. The van der Waals surface area contributed by atoms with Crippen LogP contribution in [0.15, 0.2) is 43.0 Å². The number of nitrogens with zero attached hydrogens (tertiary/aromatic N) is 4. The number of hydrogen-bond acceptors (Lipinski definition) is 8. The van der Waals surface area contributed by atoms with Crippen molar-refractivity contribution in [2.45, 2.75) is 45.6 Å². The van der Waals surface area contributed by atoms with Crippen molar-refractivity contribution < 1.29 is 18.8 Å². The Morgan fingerprint density at radius 1 is 1.22 bits per heavy atom. The number of nitrogen functional groups attached to an aromatic ring is 1. The lowest BCUT2D eigenvalue weighted by atomic mass is 10.2. The number of anilines is 1. The molecule has 1 aromatic carbocycles. The molecular formula is C21H29N6O4P. The van der Waals surface area contributed by atoms with Crippen molar-refractivity contribution >= 4 is 30.2 Å². The Morgan fingerprint density at radius 2 is 1.97 bits per heavy atom. The van der Waals surface area contributed by atoms with Crippen molar-refractivity contribution in [1.29, 1.82) is 0 Å². The zero-order chi connectivity index (χ0) is 23.1. The molecule has 32 heavy (non-hydrogen) atoms. The van der Waals surface area contributed by atoms with E-state index in [2.05, 4.69) is 20.0 Å². The molecule has 0 saturated carbocycles. The zero-order valence-corrected chi connectivity index (χ0v) is 19.4. The summed E-state index contributed by atoms with van der Waals surface area (Å²) in [4.78, 5) is 24.5. The van der Waals surface area contributed by atoms with Gasteiger partial charge in [-0.1, -0.05) is 30.3 Å². The van der Waals surface area contributed by atoms with E-state index in [-0.39, 0.29) is 25.2 Å².